The van der Waals surface area contributed by atoms with Gasteiger partial charge >= 0.3 is 0 Å². The smallest absolute Gasteiger partial charge is 0.259 e. The van der Waals surface area contributed by atoms with Crippen LogP contribution in [0, 0.1) is 0 Å². The van der Waals surface area contributed by atoms with E-state index in [1.165, 1.54) is 7.05 Å². The Bertz CT molecular complexity index is 476. The average molecular weight is 229 g/mol. The van der Waals surface area contributed by atoms with Crippen LogP contribution in [0.3, 0.4) is 0 Å². The molecular formula is C9H15N3O2S. The number of aromatic nitrogens is 2. The molecule has 1 aliphatic rings. The summed E-state index contributed by atoms with van der Waals surface area (Å²) in [5.41, 5.74) is 1.97. The summed E-state index contributed by atoms with van der Waals surface area (Å²) in [6.07, 6.45) is 3.91. The molecular weight excluding hydrogens is 214 g/mol. The number of fused-ring (bicyclic) bond motifs is 1. The molecule has 0 spiro atoms. The van der Waals surface area contributed by atoms with Gasteiger partial charge in [0.1, 0.15) is 0 Å². The average Bonchev–Trinajstić information content (AvgIpc) is 2.58. The molecule has 1 heterocycles. The second-order valence-electron chi connectivity index (χ2n) is 3.77. The van der Waals surface area contributed by atoms with E-state index in [0.717, 1.165) is 36.9 Å². The third kappa shape index (κ3) is 1.68. The Morgan fingerprint density at radius 2 is 2.00 bits per heavy atom. The molecule has 1 N–H and O–H groups in total. The van der Waals surface area contributed by atoms with E-state index >= 15 is 0 Å². The molecule has 0 radical (unpaired) electrons. The first-order valence-electron chi connectivity index (χ1n) is 5.04. The molecule has 0 fully saturated rings. The molecule has 15 heavy (non-hydrogen) atoms. The molecule has 6 heteroatoms. The first kappa shape index (κ1) is 10.6. The van der Waals surface area contributed by atoms with Crippen LogP contribution in [-0.2, 0) is 29.9 Å². The summed E-state index contributed by atoms with van der Waals surface area (Å²) in [7, 11) is -0.180. The van der Waals surface area contributed by atoms with Crippen LogP contribution >= 0.6 is 0 Å². The zero-order valence-electron chi connectivity index (χ0n) is 8.95. The highest BCUT2D eigenvalue weighted by Gasteiger charge is 2.26. The van der Waals surface area contributed by atoms with Gasteiger partial charge in [0, 0.05) is 18.3 Å². The van der Waals surface area contributed by atoms with Crippen LogP contribution in [0.4, 0.5) is 0 Å². The molecule has 1 aromatic heterocycles. The monoisotopic (exact) mass is 229 g/mol. The van der Waals surface area contributed by atoms with Gasteiger partial charge in [-0.3, -0.25) is 4.68 Å². The van der Waals surface area contributed by atoms with Crippen molar-refractivity contribution >= 4 is 10.0 Å². The number of nitrogens with zero attached hydrogens (tertiary/aromatic N) is 2. The van der Waals surface area contributed by atoms with Crippen molar-refractivity contribution in [2.24, 2.45) is 7.05 Å². The quantitative estimate of drug-likeness (QED) is 0.788. The summed E-state index contributed by atoms with van der Waals surface area (Å²) in [5.74, 6) is 0. The van der Waals surface area contributed by atoms with E-state index in [-0.39, 0.29) is 5.03 Å². The number of nitrogens with one attached hydrogen (secondary N) is 1. The molecule has 5 nitrogen and oxygen atoms in total. The fraction of sp³-hybridized carbons (Fsp3) is 0.667. The third-order valence-corrected chi connectivity index (χ3v) is 4.23. The summed E-state index contributed by atoms with van der Waals surface area (Å²) in [6, 6.07) is 0. The first-order chi connectivity index (χ1) is 7.06. The van der Waals surface area contributed by atoms with Crippen LogP contribution in [-0.4, -0.2) is 25.2 Å². The summed E-state index contributed by atoms with van der Waals surface area (Å²) >= 11 is 0. The molecule has 1 aliphatic carbocycles. The van der Waals surface area contributed by atoms with Gasteiger partial charge in [-0.25, -0.2) is 13.1 Å². The van der Waals surface area contributed by atoms with E-state index in [4.69, 9.17) is 0 Å². The molecule has 1 aromatic rings. The molecule has 84 valence electrons. The largest absolute Gasteiger partial charge is 0.271 e. The van der Waals surface area contributed by atoms with Gasteiger partial charge in [-0.2, -0.15) is 5.10 Å². The van der Waals surface area contributed by atoms with Crippen molar-refractivity contribution in [2.75, 3.05) is 7.05 Å². The van der Waals surface area contributed by atoms with Gasteiger partial charge in [0.25, 0.3) is 10.0 Å². The molecule has 0 bridgehead atoms. The minimum atomic E-state index is -3.40. The van der Waals surface area contributed by atoms with Crippen molar-refractivity contribution in [3.05, 3.63) is 11.3 Å². The van der Waals surface area contributed by atoms with E-state index in [1.54, 1.807) is 11.7 Å². The van der Waals surface area contributed by atoms with E-state index in [2.05, 4.69) is 9.82 Å². The highest BCUT2D eigenvalue weighted by molar-refractivity contribution is 7.89. The van der Waals surface area contributed by atoms with Crippen LogP contribution in [0.15, 0.2) is 5.03 Å². The third-order valence-electron chi connectivity index (χ3n) is 2.85. The summed E-state index contributed by atoms with van der Waals surface area (Å²) in [4.78, 5) is 0. The molecule has 0 aliphatic heterocycles. The predicted octanol–water partition coefficient (Wildman–Crippen LogP) is 0.207. The number of rotatable bonds is 2. The van der Waals surface area contributed by atoms with E-state index in [0.29, 0.717) is 0 Å². The maximum absolute atomic E-state index is 11.7. The fourth-order valence-electron chi connectivity index (χ4n) is 2.05. The Morgan fingerprint density at radius 1 is 1.33 bits per heavy atom. The first-order valence-corrected chi connectivity index (χ1v) is 6.53. The fourth-order valence-corrected chi connectivity index (χ4v) is 3.01. The van der Waals surface area contributed by atoms with E-state index < -0.39 is 10.0 Å². The topological polar surface area (TPSA) is 64.0 Å². The number of hydrogen-bond donors (Lipinski definition) is 1. The standard InChI is InChI=1S/C9H15N3O2S/c1-10-15(13,14)9-7-5-3-4-6-8(7)12(2)11-9/h10H,3-6H2,1-2H3. The van der Waals surface area contributed by atoms with Crippen LogP contribution in [0.1, 0.15) is 24.1 Å². The van der Waals surface area contributed by atoms with Crippen molar-refractivity contribution in [3.8, 4) is 0 Å². The van der Waals surface area contributed by atoms with Crippen molar-refractivity contribution in [3.63, 3.8) is 0 Å². The molecule has 0 aromatic carbocycles. The zero-order chi connectivity index (χ0) is 11.1. The Hall–Kier alpha value is -0.880. The van der Waals surface area contributed by atoms with Crippen LogP contribution in [0.5, 0.6) is 0 Å². The molecule has 0 unspecified atom stereocenters. The summed E-state index contributed by atoms with van der Waals surface area (Å²) < 4.78 is 27.4. The van der Waals surface area contributed by atoms with Gasteiger partial charge in [-0.1, -0.05) is 0 Å². The summed E-state index contributed by atoms with van der Waals surface area (Å²) in [6.45, 7) is 0. The maximum Gasteiger partial charge on any atom is 0.259 e. The minimum Gasteiger partial charge on any atom is -0.271 e. The normalized spacial score (nSPS) is 16.4. The van der Waals surface area contributed by atoms with Crippen molar-refractivity contribution in [1.29, 1.82) is 0 Å². The maximum atomic E-state index is 11.7. The van der Waals surface area contributed by atoms with Gasteiger partial charge in [-0.05, 0) is 32.7 Å². The SMILES string of the molecule is CNS(=O)(=O)c1nn(C)c2c1CCCC2. The van der Waals surface area contributed by atoms with Crippen molar-refractivity contribution < 1.29 is 8.42 Å². The van der Waals surface area contributed by atoms with E-state index in [1.807, 2.05) is 0 Å². The van der Waals surface area contributed by atoms with Gasteiger partial charge in [0.05, 0.1) is 0 Å². The second-order valence-corrected chi connectivity index (χ2v) is 5.57. The Labute approximate surface area is 89.5 Å². The Balaban J connectivity index is 2.59. The Kier molecular flexibility index (Phi) is 2.56. The Morgan fingerprint density at radius 3 is 2.67 bits per heavy atom. The van der Waals surface area contributed by atoms with Gasteiger partial charge in [0.2, 0.25) is 0 Å². The lowest BCUT2D eigenvalue weighted by Crippen LogP contribution is -2.21. The lowest BCUT2D eigenvalue weighted by Gasteiger charge is -2.12. The van der Waals surface area contributed by atoms with Crippen LogP contribution < -0.4 is 4.72 Å². The van der Waals surface area contributed by atoms with Crippen molar-refractivity contribution in [2.45, 2.75) is 30.7 Å². The highest BCUT2D eigenvalue weighted by atomic mass is 32.2. The highest BCUT2D eigenvalue weighted by Crippen LogP contribution is 2.26. The lowest BCUT2D eigenvalue weighted by molar-refractivity contribution is 0.579. The van der Waals surface area contributed by atoms with Gasteiger partial charge < -0.3 is 0 Å². The minimum absolute atomic E-state index is 0.210. The second kappa shape index (κ2) is 3.61. The number of sulfonamides is 1. The predicted molar refractivity (Wildman–Crippen MR) is 56.1 cm³/mol. The lowest BCUT2D eigenvalue weighted by atomic mass is 9.98. The molecule has 0 atom stereocenters. The van der Waals surface area contributed by atoms with Gasteiger partial charge in [-0.15, -0.1) is 0 Å². The molecule has 0 saturated heterocycles. The molecule has 0 saturated carbocycles. The number of hydrogen-bond acceptors (Lipinski definition) is 3. The van der Waals surface area contributed by atoms with Crippen LogP contribution in [0.25, 0.3) is 0 Å². The molecule has 0 amide bonds. The number of aryl methyl sites for hydroxylation is 1. The zero-order valence-corrected chi connectivity index (χ0v) is 9.76. The van der Waals surface area contributed by atoms with E-state index in [9.17, 15) is 8.42 Å². The van der Waals surface area contributed by atoms with Gasteiger partial charge in [0.15, 0.2) is 5.03 Å². The summed E-state index contributed by atoms with van der Waals surface area (Å²) in [5, 5.41) is 4.31. The van der Waals surface area contributed by atoms with Crippen molar-refractivity contribution in [1.82, 2.24) is 14.5 Å². The molecule has 2 rings (SSSR count). The van der Waals surface area contributed by atoms with Crippen LogP contribution in [0.2, 0.25) is 0 Å².